The second kappa shape index (κ2) is 4.75. The van der Waals surface area contributed by atoms with E-state index in [2.05, 4.69) is 5.32 Å². The lowest BCUT2D eigenvalue weighted by Crippen LogP contribution is -2.28. The van der Waals surface area contributed by atoms with Gasteiger partial charge in [0.1, 0.15) is 17.6 Å². The molecule has 0 aliphatic rings. The molecule has 0 aromatic heterocycles. The molecule has 1 atom stereocenters. The Morgan fingerprint density at radius 3 is 2.67 bits per heavy atom. The van der Waals surface area contributed by atoms with E-state index in [-0.39, 0.29) is 11.3 Å². The number of carbonyl (C=O) groups is 1. The number of hydrogen-bond donors (Lipinski definition) is 3. The monoisotopic (exact) mass is 213 g/mol. The van der Waals surface area contributed by atoms with Crippen LogP contribution in [0, 0.1) is 5.82 Å². The van der Waals surface area contributed by atoms with E-state index in [9.17, 15) is 9.18 Å². The van der Waals surface area contributed by atoms with Gasteiger partial charge in [-0.1, -0.05) is 6.92 Å². The van der Waals surface area contributed by atoms with Crippen LogP contribution in [0.15, 0.2) is 18.2 Å². The summed E-state index contributed by atoms with van der Waals surface area (Å²) in [4.78, 5) is 10.8. The molecule has 3 N–H and O–H groups in total. The molecule has 15 heavy (non-hydrogen) atoms. The molecule has 0 bridgehead atoms. The Morgan fingerprint density at radius 1 is 1.53 bits per heavy atom. The SMILES string of the molecule is CCNC(C(=O)O)c1cc(O)cc(F)c1. The van der Waals surface area contributed by atoms with Crippen molar-refractivity contribution in [3.8, 4) is 5.75 Å². The number of hydrogen-bond acceptors (Lipinski definition) is 3. The summed E-state index contributed by atoms with van der Waals surface area (Å²) in [5.74, 6) is -2.05. The number of aliphatic carboxylic acids is 1. The first-order valence-corrected chi connectivity index (χ1v) is 4.50. The minimum atomic E-state index is -1.11. The van der Waals surface area contributed by atoms with Gasteiger partial charge in [0.2, 0.25) is 0 Å². The van der Waals surface area contributed by atoms with Gasteiger partial charge in [0.25, 0.3) is 0 Å². The Kier molecular flexibility index (Phi) is 3.62. The predicted octanol–water partition coefficient (Wildman–Crippen LogP) is 1.27. The minimum absolute atomic E-state index is 0.196. The van der Waals surface area contributed by atoms with Crippen LogP contribution in [-0.4, -0.2) is 22.7 Å². The molecular formula is C10H12FNO3. The molecule has 0 heterocycles. The molecule has 0 saturated heterocycles. The summed E-state index contributed by atoms with van der Waals surface area (Å²) >= 11 is 0. The van der Waals surface area contributed by atoms with Crippen molar-refractivity contribution in [2.24, 2.45) is 0 Å². The van der Waals surface area contributed by atoms with E-state index in [4.69, 9.17) is 10.2 Å². The highest BCUT2D eigenvalue weighted by molar-refractivity contribution is 5.75. The minimum Gasteiger partial charge on any atom is -0.508 e. The summed E-state index contributed by atoms with van der Waals surface area (Å²) in [6, 6.07) is 2.23. The molecule has 1 rings (SSSR count). The van der Waals surface area contributed by atoms with E-state index in [1.165, 1.54) is 6.07 Å². The van der Waals surface area contributed by atoms with Gasteiger partial charge in [-0.25, -0.2) is 4.39 Å². The molecule has 1 aromatic rings. The number of carboxylic acids is 1. The van der Waals surface area contributed by atoms with E-state index in [0.717, 1.165) is 12.1 Å². The third-order valence-corrected chi connectivity index (χ3v) is 1.89. The average Bonchev–Trinajstić information content (AvgIpc) is 2.11. The predicted molar refractivity (Wildman–Crippen MR) is 52.1 cm³/mol. The van der Waals surface area contributed by atoms with Gasteiger partial charge < -0.3 is 15.5 Å². The Hall–Kier alpha value is -1.62. The number of nitrogens with one attached hydrogen (secondary N) is 1. The van der Waals surface area contributed by atoms with Gasteiger partial charge in [-0.15, -0.1) is 0 Å². The molecule has 0 fully saturated rings. The van der Waals surface area contributed by atoms with Crippen molar-refractivity contribution < 1.29 is 19.4 Å². The zero-order valence-corrected chi connectivity index (χ0v) is 8.20. The van der Waals surface area contributed by atoms with Gasteiger partial charge >= 0.3 is 5.97 Å². The summed E-state index contributed by atoms with van der Waals surface area (Å²) in [6.07, 6.45) is 0. The Morgan fingerprint density at radius 2 is 2.20 bits per heavy atom. The largest absolute Gasteiger partial charge is 0.508 e. The van der Waals surface area contributed by atoms with Crippen LogP contribution in [-0.2, 0) is 4.79 Å². The fourth-order valence-electron chi connectivity index (χ4n) is 1.31. The first-order chi connectivity index (χ1) is 7.04. The fraction of sp³-hybridized carbons (Fsp3) is 0.300. The van der Waals surface area contributed by atoms with Crippen LogP contribution in [0.25, 0.3) is 0 Å². The third-order valence-electron chi connectivity index (χ3n) is 1.89. The van der Waals surface area contributed by atoms with Gasteiger partial charge in [0.15, 0.2) is 0 Å². The van der Waals surface area contributed by atoms with Crippen molar-refractivity contribution in [2.45, 2.75) is 13.0 Å². The number of likely N-dealkylation sites (N-methyl/N-ethyl adjacent to an activating group) is 1. The first-order valence-electron chi connectivity index (χ1n) is 4.50. The molecule has 0 saturated carbocycles. The molecule has 4 nitrogen and oxygen atoms in total. The summed E-state index contributed by atoms with van der Waals surface area (Å²) in [7, 11) is 0. The van der Waals surface area contributed by atoms with Crippen LogP contribution in [0.4, 0.5) is 4.39 Å². The lowest BCUT2D eigenvalue weighted by molar-refractivity contribution is -0.139. The van der Waals surface area contributed by atoms with Crippen molar-refractivity contribution in [2.75, 3.05) is 6.54 Å². The van der Waals surface area contributed by atoms with Crippen molar-refractivity contribution in [1.29, 1.82) is 0 Å². The van der Waals surface area contributed by atoms with Crippen LogP contribution in [0.3, 0.4) is 0 Å². The molecule has 0 amide bonds. The van der Waals surface area contributed by atoms with Crippen molar-refractivity contribution in [1.82, 2.24) is 5.32 Å². The molecule has 0 spiro atoms. The summed E-state index contributed by atoms with van der Waals surface area (Å²) < 4.78 is 12.9. The maximum absolute atomic E-state index is 12.9. The average molecular weight is 213 g/mol. The van der Waals surface area contributed by atoms with Gasteiger partial charge in [-0.2, -0.15) is 0 Å². The van der Waals surface area contributed by atoms with E-state index in [1.54, 1.807) is 6.92 Å². The number of aromatic hydroxyl groups is 1. The van der Waals surface area contributed by atoms with E-state index in [0.29, 0.717) is 6.54 Å². The highest BCUT2D eigenvalue weighted by atomic mass is 19.1. The van der Waals surface area contributed by atoms with Gasteiger partial charge in [-0.05, 0) is 24.2 Å². The molecular weight excluding hydrogens is 201 g/mol. The number of phenols is 1. The maximum atomic E-state index is 12.9. The number of carboxylic acid groups (broad SMARTS) is 1. The normalized spacial score (nSPS) is 12.4. The van der Waals surface area contributed by atoms with Crippen LogP contribution < -0.4 is 5.32 Å². The van der Waals surface area contributed by atoms with Crippen molar-refractivity contribution in [3.63, 3.8) is 0 Å². The smallest absolute Gasteiger partial charge is 0.325 e. The number of benzene rings is 1. The molecule has 1 aromatic carbocycles. The van der Waals surface area contributed by atoms with Gasteiger partial charge in [0, 0.05) is 6.07 Å². The molecule has 0 aliphatic heterocycles. The van der Waals surface area contributed by atoms with Crippen LogP contribution in [0.5, 0.6) is 5.75 Å². The second-order valence-corrected chi connectivity index (χ2v) is 3.07. The maximum Gasteiger partial charge on any atom is 0.325 e. The van der Waals surface area contributed by atoms with Crippen molar-refractivity contribution >= 4 is 5.97 Å². The molecule has 0 radical (unpaired) electrons. The highest BCUT2D eigenvalue weighted by Crippen LogP contribution is 2.20. The summed E-state index contributed by atoms with van der Waals surface area (Å²) in [5, 5.41) is 20.7. The molecule has 82 valence electrons. The quantitative estimate of drug-likeness (QED) is 0.704. The zero-order valence-electron chi connectivity index (χ0n) is 8.20. The fourth-order valence-corrected chi connectivity index (χ4v) is 1.31. The zero-order chi connectivity index (χ0) is 11.4. The van der Waals surface area contributed by atoms with E-state index < -0.39 is 17.8 Å². The number of halogens is 1. The van der Waals surface area contributed by atoms with E-state index in [1.807, 2.05) is 0 Å². The van der Waals surface area contributed by atoms with Gasteiger partial charge in [-0.3, -0.25) is 4.79 Å². The number of rotatable bonds is 4. The molecule has 0 aliphatic carbocycles. The second-order valence-electron chi connectivity index (χ2n) is 3.07. The molecule has 5 heteroatoms. The van der Waals surface area contributed by atoms with Crippen LogP contribution >= 0.6 is 0 Å². The van der Waals surface area contributed by atoms with Crippen LogP contribution in [0.1, 0.15) is 18.5 Å². The summed E-state index contributed by atoms with van der Waals surface area (Å²) in [5.41, 5.74) is 0.196. The third kappa shape index (κ3) is 2.92. The lowest BCUT2D eigenvalue weighted by atomic mass is 10.1. The topological polar surface area (TPSA) is 69.6 Å². The Balaban J connectivity index is 3.05. The summed E-state index contributed by atoms with van der Waals surface area (Å²) in [6.45, 7) is 2.18. The van der Waals surface area contributed by atoms with Crippen molar-refractivity contribution in [3.05, 3.63) is 29.6 Å². The van der Waals surface area contributed by atoms with Gasteiger partial charge in [0.05, 0.1) is 0 Å². The van der Waals surface area contributed by atoms with E-state index >= 15 is 0 Å². The van der Waals surface area contributed by atoms with Crippen LogP contribution in [0.2, 0.25) is 0 Å². The highest BCUT2D eigenvalue weighted by Gasteiger charge is 2.19. The standard InChI is InChI=1S/C10H12FNO3/c1-2-12-9(10(14)15)6-3-7(11)5-8(13)4-6/h3-5,9,12-13H,2H2,1H3,(H,14,15). The first kappa shape index (κ1) is 11.5. The lowest BCUT2D eigenvalue weighted by Gasteiger charge is -2.13. The number of phenolic OH excluding ortho intramolecular Hbond substituents is 1. The Bertz CT molecular complexity index is 347. The Labute approximate surface area is 86.4 Å². The molecule has 1 unspecified atom stereocenters.